The third-order valence-electron chi connectivity index (χ3n) is 6.19. The molecule has 7 nitrogen and oxygen atoms in total. The number of benzene rings is 1. The van der Waals surface area contributed by atoms with Gasteiger partial charge in [0.2, 0.25) is 0 Å². The SMILES string of the molecule is O=C(N[C@H]1CN2CCC1CC2)c1n[nH]c2ccc(OC3CCOCC3)cc12. The second-order valence-electron chi connectivity index (χ2n) is 7.93. The van der Waals surface area contributed by atoms with Crippen molar-refractivity contribution >= 4 is 16.8 Å². The fourth-order valence-electron chi connectivity index (χ4n) is 4.59. The molecule has 27 heavy (non-hydrogen) atoms. The maximum absolute atomic E-state index is 12.9. The van der Waals surface area contributed by atoms with Gasteiger partial charge in [-0.25, -0.2) is 0 Å². The number of nitrogens with zero attached hydrogens (tertiary/aromatic N) is 2. The second kappa shape index (κ2) is 7.13. The zero-order valence-corrected chi connectivity index (χ0v) is 15.4. The Morgan fingerprint density at radius 2 is 2.04 bits per heavy atom. The molecule has 2 bridgehead atoms. The Bertz CT molecular complexity index is 822. The van der Waals surface area contributed by atoms with Gasteiger partial charge in [0.05, 0.1) is 18.7 Å². The molecule has 5 heterocycles. The molecule has 0 spiro atoms. The summed E-state index contributed by atoms with van der Waals surface area (Å²) < 4.78 is 11.5. The molecule has 1 atom stereocenters. The summed E-state index contributed by atoms with van der Waals surface area (Å²) in [6.45, 7) is 4.76. The van der Waals surface area contributed by atoms with E-state index in [1.165, 1.54) is 12.8 Å². The molecule has 0 aliphatic carbocycles. The number of rotatable bonds is 4. The van der Waals surface area contributed by atoms with Gasteiger partial charge in [0.25, 0.3) is 5.91 Å². The predicted molar refractivity (Wildman–Crippen MR) is 101 cm³/mol. The summed E-state index contributed by atoms with van der Waals surface area (Å²) in [5, 5.41) is 11.3. The molecular formula is C20H26N4O3. The first-order chi connectivity index (χ1) is 13.3. The number of carbonyl (C=O) groups is 1. The monoisotopic (exact) mass is 370 g/mol. The molecule has 2 aromatic rings. The van der Waals surface area contributed by atoms with Crippen molar-refractivity contribution in [1.29, 1.82) is 0 Å². The smallest absolute Gasteiger partial charge is 0.272 e. The average molecular weight is 370 g/mol. The van der Waals surface area contributed by atoms with E-state index in [9.17, 15) is 4.79 Å². The van der Waals surface area contributed by atoms with Crippen LogP contribution >= 0.6 is 0 Å². The molecule has 7 heteroatoms. The Balaban J connectivity index is 1.33. The Hall–Kier alpha value is -2.12. The molecule has 6 rings (SSSR count). The topological polar surface area (TPSA) is 79.5 Å². The van der Waals surface area contributed by atoms with Crippen LogP contribution in [0, 0.1) is 5.92 Å². The average Bonchev–Trinajstić information content (AvgIpc) is 3.13. The molecule has 4 saturated heterocycles. The van der Waals surface area contributed by atoms with Crippen molar-refractivity contribution in [3.8, 4) is 5.75 Å². The summed E-state index contributed by atoms with van der Waals surface area (Å²) in [6, 6.07) is 6.03. The number of carbonyl (C=O) groups excluding carboxylic acids is 1. The van der Waals surface area contributed by atoms with Gasteiger partial charge >= 0.3 is 0 Å². The van der Waals surface area contributed by atoms with Gasteiger partial charge in [-0.05, 0) is 50.0 Å². The van der Waals surface area contributed by atoms with E-state index in [4.69, 9.17) is 9.47 Å². The summed E-state index contributed by atoms with van der Waals surface area (Å²) in [7, 11) is 0. The second-order valence-corrected chi connectivity index (χ2v) is 7.93. The summed E-state index contributed by atoms with van der Waals surface area (Å²) in [5.41, 5.74) is 1.31. The number of hydrogen-bond acceptors (Lipinski definition) is 5. The highest BCUT2D eigenvalue weighted by Crippen LogP contribution is 2.29. The highest BCUT2D eigenvalue weighted by molar-refractivity contribution is 6.05. The fraction of sp³-hybridized carbons (Fsp3) is 0.600. The van der Waals surface area contributed by atoms with Gasteiger partial charge in [0, 0.05) is 30.8 Å². The van der Waals surface area contributed by atoms with Crippen LogP contribution in [-0.2, 0) is 4.74 Å². The van der Waals surface area contributed by atoms with E-state index in [2.05, 4.69) is 20.4 Å². The number of aromatic amines is 1. The molecule has 1 amide bonds. The van der Waals surface area contributed by atoms with Crippen LogP contribution in [0.2, 0.25) is 0 Å². The zero-order chi connectivity index (χ0) is 18.2. The van der Waals surface area contributed by atoms with E-state index in [-0.39, 0.29) is 18.1 Å². The summed E-state index contributed by atoms with van der Waals surface area (Å²) in [4.78, 5) is 15.3. The summed E-state index contributed by atoms with van der Waals surface area (Å²) in [5.74, 6) is 1.28. The molecular weight excluding hydrogens is 344 g/mol. The highest BCUT2D eigenvalue weighted by Gasteiger charge is 2.35. The normalized spacial score (nSPS) is 28.4. The van der Waals surface area contributed by atoms with Crippen LogP contribution in [0.4, 0.5) is 0 Å². The highest BCUT2D eigenvalue weighted by atomic mass is 16.5. The number of H-pyrrole nitrogens is 1. The minimum Gasteiger partial charge on any atom is -0.490 e. The van der Waals surface area contributed by atoms with Crippen LogP contribution < -0.4 is 10.1 Å². The molecule has 0 unspecified atom stereocenters. The number of amides is 1. The number of aromatic nitrogens is 2. The largest absolute Gasteiger partial charge is 0.490 e. The van der Waals surface area contributed by atoms with E-state index in [1.54, 1.807) is 0 Å². The number of fused-ring (bicyclic) bond motifs is 4. The van der Waals surface area contributed by atoms with E-state index < -0.39 is 0 Å². The lowest BCUT2D eigenvalue weighted by atomic mass is 9.84. The lowest BCUT2D eigenvalue weighted by Crippen LogP contribution is -2.57. The molecule has 4 aliphatic heterocycles. The van der Waals surface area contributed by atoms with Gasteiger partial charge in [-0.1, -0.05) is 0 Å². The molecule has 144 valence electrons. The minimum absolute atomic E-state index is 0.0942. The van der Waals surface area contributed by atoms with Gasteiger partial charge in [-0.15, -0.1) is 0 Å². The number of piperidine rings is 3. The maximum atomic E-state index is 12.9. The minimum atomic E-state index is -0.0942. The first-order valence-electron chi connectivity index (χ1n) is 10.0. The molecule has 1 aromatic heterocycles. The van der Waals surface area contributed by atoms with Crippen molar-refractivity contribution in [2.75, 3.05) is 32.8 Å². The van der Waals surface area contributed by atoms with Gasteiger partial charge < -0.3 is 19.7 Å². The van der Waals surface area contributed by atoms with E-state index in [0.717, 1.165) is 62.3 Å². The summed E-state index contributed by atoms with van der Waals surface area (Å²) >= 11 is 0. The van der Waals surface area contributed by atoms with Crippen molar-refractivity contribution in [3.63, 3.8) is 0 Å². The molecule has 4 fully saturated rings. The Labute approximate surface area is 158 Å². The predicted octanol–water partition coefficient (Wildman–Crippen LogP) is 1.94. The standard InChI is InChI=1S/C20H26N4O3/c25-20(21-18-12-24-7-3-13(18)4-8-24)19-16-11-15(1-2-17(16)22-23-19)27-14-5-9-26-10-6-14/h1-2,11,13-14,18H,3-10,12H2,(H,21,25)(H,22,23)/t18-/m0/s1. The first-order valence-corrected chi connectivity index (χ1v) is 10.0. The lowest BCUT2D eigenvalue weighted by molar-refractivity contribution is 0.0256. The summed E-state index contributed by atoms with van der Waals surface area (Å²) in [6.07, 6.45) is 4.32. The molecule has 1 aromatic carbocycles. The maximum Gasteiger partial charge on any atom is 0.272 e. The number of ether oxygens (including phenoxy) is 2. The van der Waals surface area contributed by atoms with E-state index in [0.29, 0.717) is 11.6 Å². The van der Waals surface area contributed by atoms with Gasteiger partial charge in [-0.2, -0.15) is 5.10 Å². The molecule has 4 aliphatic rings. The lowest BCUT2D eigenvalue weighted by Gasteiger charge is -2.44. The Morgan fingerprint density at radius 1 is 1.22 bits per heavy atom. The third kappa shape index (κ3) is 3.41. The zero-order valence-electron chi connectivity index (χ0n) is 15.4. The molecule has 0 saturated carbocycles. The van der Waals surface area contributed by atoms with Crippen LogP contribution in [0.25, 0.3) is 10.9 Å². The van der Waals surface area contributed by atoms with Crippen LogP contribution in [0.1, 0.15) is 36.2 Å². The fourth-order valence-corrected chi connectivity index (χ4v) is 4.59. The van der Waals surface area contributed by atoms with Crippen molar-refractivity contribution in [2.45, 2.75) is 37.8 Å². The van der Waals surface area contributed by atoms with E-state index >= 15 is 0 Å². The van der Waals surface area contributed by atoms with Crippen molar-refractivity contribution in [1.82, 2.24) is 20.4 Å². The quantitative estimate of drug-likeness (QED) is 0.860. The van der Waals surface area contributed by atoms with Gasteiger partial charge in [-0.3, -0.25) is 9.89 Å². The van der Waals surface area contributed by atoms with Gasteiger partial charge in [0.15, 0.2) is 5.69 Å². The van der Waals surface area contributed by atoms with Crippen LogP contribution in [-0.4, -0.2) is 66.0 Å². The van der Waals surface area contributed by atoms with Crippen LogP contribution in [0.3, 0.4) is 0 Å². The van der Waals surface area contributed by atoms with E-state index in [1.807, 2.05) is 18.2 Å². The molecule has 0 radical (unpaired) electrons. The van der Waals surface area contributed by atoms with Crippen LogP contribution in [0.5, 0.6) is 5.75 Å². The third-order valence-corrected chi connectivity index (χ3v) is 6.19. The molecule has 2 N–H and O–H groups in total. The Kier molecular flexibility index (Phi) is 4.49. The van der Waals surface area contributed by atoms with Crippen molar-refractivity contribution in [2.24, 2.45) is 5.92 Å². The van der Waals surface area contributed by atoms with Crippen LogP contribution in [0.15, 0.2) is 18.2 Å². The number of nitrogens with one attached hydrogen (secondary N) is 2. The van der Waals surface area contributed by atoms with Crippen molar-refractivity contribution in [3.05, 3.63) is 23.9 Å². The first kappa shape index (κ1) is 17.0. The van der Waals surface area contributed by atoms with Crippen molar-refractivity contribution < 1.29 is 14.3 Å². The van der Waals surface area contributed by atoms with Gasteiger partial charge in [0.1, 0.15) is 11.9 Å². The number of hydrogen-bond donors (Lipinski definition) is 2. The Morgan fingerprint density at radius 3 is 2.78 bits per heavy atom.